The van der Waals surface area contributed by atoms with Crippen molar-refractivity contribution in [3.8, 4) is 5.75 Å². The second kappa shape index (κ2) is 6.87. The summed E-state index contributed by atoms with van der Waals surface area (Å²) in [5.41, 5.74) is 0.874. The molecule has 3 nitrogen and oxygen atoms in total. The summed E-state index contributed by atoms with van der Waals surface area (Å²) in [5, 5.41) is 12.5. The third kappa shape index (κ3) is 4.48. The molecule has 1 fully saturated rings. The molecule has 0 aliphatic carbocycles. The van der Waals surface area contributed by atoms with Gasteiger partial charge in [0.1, 0.15) is 0 Å². The molecule has 1 heterocycles. The highest BCUT2D eigenvalue weighted by Crippen LogP contribution is 2.19. The van der Waals surface area contributed by atoms with Gasteiger partial charge in [-0.05, 0) is 69.6 Å². The minimum atomic E-state index is -0.547. The fraction of sp³-hybridized carbons (Fsp3) is 0.600. The van der Waals surface area contributed by atoms with Gasteiger partial charge >= 0.3 is 0 Å². The molecular weight excluding hydrogens is 243 g/mol. The van der Waals surface area contributed by atoms with E-state index in [0.717, 1.165) is 18.0 Å². The third-order valence-corrected chi connectivity index (χ3v) is 3.91. The van der Waals surface area contributed by atoms with E-state index in [1.54, 1.807) is 6.07 Å². The number of nitrogens with one attached hydrogen (secondary N) is 1. The molecular formula is C15H23FN2O. The minimum absolute atomic E-state index is 0.282. The van der Waals surface area contributed by atoms with Gasteiger partial charge in [0, 0.05) is 6.54 Å². The first-order valence-electron chi connectivity index (χ1n) is 7.02. The van der Waals surface area contributed by atoms with E-state index in [9.17, 15) is 4.39 Å². The van der Waals surface area contributed by atoms with Crippen LogP contribution in [-0.2, 0) is 6.54 Å². The molecule has 2 rings (SSSR count). The number of benzene rings is 1. The zero-order chi connectivity index (χ0) is 13.7. The van der Waals surface area contributed by atoms with Crippen molar-refractivity contribution in [1.82, 2.24) is 10.2 Å². The van der Waals surface area contributed by atoms with Gasteiger partial charge in [-0.1, -0.05) is 6.07 Å². The van der Waals surface area contributed by atoms with E-state index in [4.69, 9.17) is 5.11 Å². The number of phenols is 1. The van der Waals surface area contributed by atoms with Crippen molar-refractivity contribution in [1.29, 1.82) is 0 Å². The fourth-order valence-corrected chi connectivity index (χ4v) is 2.55. The first-order valence-corrected chi connectivity index (χ1v) is 7.02. The second-order valence-electron chi connectivity index (χ2n) is 5.50. The highest BCUT2D eigenvalue weighted by atomic mass is 19.1. The number of hydrogen-bond donors (Lipinski definition) is 2. The highest BCUT2D eigenvalue weighted by Gasteiger charge is 2.15. The number of nitrogens with zero attached hydrogens (tertiary/aromatic N) is 1. The first-order chi connectivity index (χ1) is 9.15. The Morgan fingerprint density at radius 1 is 1.37 bits per heavy atom. The molecule has 0 bridgehead atoms. The van der Waals surface area contributed by atoms with Crippen molar-refractivity contribution in [3.63, 3.8) is 0 Å². The van der Waals surface area contributed by atoms with Crippen LogP contribution in [0.4, 0.5) is 4.39 Å². The highest BCUT2D eigenvalue weighted by molar-refractivity contribution is 5.27. The Morgan fingerprint density at radius 3 is 2.79 bits per heavy atom. The van der Waals surface area contributed by atoms with Crippen LogP contribution in [0.2, 0.25) is 0 Å². The van der Waals surface area contributed by atoms with Crippen LogP contribution in [-0.4, -0.2) is 36.7 Å². The number of aromatic hydroxyl groups is 1. The molecule has 0 amide bonds. The number of piperidine rings is 1. The SMILES string of the molecule is CN1CCC(CCNCc2ccc(O)c(F)c2)CC1. The van der Waals surface area contributed by atoms with Gasteiger partial charge in [0.25, 0.3) is 0 Å². The van der Waals surface area contributed by atoms with Crippen molar-refractivity contribution in [2.45, 2.75) is 25.8 Å². The van der Waals surface area contributed by atoms with Crippen molar-refractivity contribution >= 4 is 0 Å². The van der Waals surface area contributed by atoms with Gasteiger partial charge < -0.3 is 15.3 Å². The Bertz CT molecular complexity index is 403. The molecule has 0 radical (unpaired) electrons. The predicted molar refractivity (Wildman–Crippen MR) is 74.6 cm³/mol. The molecule has 0 atom stereocenters. The summed E-state index contributed by atoms with van der Waals surface area (Å²) in [5.74, 6) is -0.00931. The van der Waals surface area contributed by atoms with Gasteiger partial charge in [-0.25, -0.2) is 4.39 Å². The number of rotatable bonds is 5. The second-order valence-corrected chi connectivity index (χ2v) is 5.50. The van der Waals surface area contributed by atoms with E-state index >= 15 is 0 Å². The molecule has 0 spiro atoms. The van der Waals surface area contributed by atoms with Crippen LogP contribution in [0.3, 0.4) is 0 Å². The maximum atomic E-state index is 13.1. The van der Waals surface area contributed by atoms with E-state index in [-0.39, 0.29) is 5.75 Å². The fourth-order valence-electron chi connectivity index (χ4n) is 2.55. The van der Waals surface area contributed by atoms with Crippen molar-refractivity contribution < 1.29 is 9.50 Å². The molecule has 4 heteroatoms. The Hall–Kier alpha value is -1.13. The molecule has 0 aromatic heterocycles. The molecule has 106 valence electrons. The average Bonchev–Trinajstić information content (AvgIpc) is 2.41. The van der Waals surface area contributed by atoms with Gasteiger partial charge in [-0.15, -0.1) is 0 Å². The van der Waals surface area contributed by atoms with Crippen LogP contribution in [0, 0.1) is 11.7 Å². The summed E-state index contributed by atoms with van der Waals surface area (Å²) in [6.45, 7) is 4.03. The molecule has 1 saturated heterocycles. The molecule has 1 aliphatic heterocycles. The summed E-state index contributed by atoms with van der Waals surface area (Å²) < 4.78 is 13.1. The normalized spacial score (nSPS) is 17.8. The maximum absolute atomic E-state index is 13.1. The van der Waals surface area contributed by atoms with E-state index in [1.165, 1.54) is 44.5 Å². The van der Waals surface area contributed by atoms with Gasteiger partial charge in [-0.3, -0.25) is 0 Å². The lowest BCUT2D eigenvalue weighted by molar-refractivity contribution is 0.211. The topological polar surface area (TPSA) is 35.5 Å². The van der Waals surface area contributed by atoms with Gasteiger partial charge in [0.05, 0.1) is 0 Å². The van der Waals surface area contributed by atoms with Crippen LogP contribution < -0.4 is 5.32 Å². The third-order valence-electron chi connectivity index (χ3n) is 3.91. The Balaban J connectivity index is 1.65. The lowest BCUT2D eigenvalue weighted by Crippen LogP contribution is -2.31. The van der Waals surface area contributed by atoms with Crippen molar-refractivity contribution in [2.75, 3.05) is 26.7 Å². The smallest absolute Gasteiger partial charge is 0.165 e. The first kappa shape index (κ1) is 14.3. The Kier molecular flexibility index (Phi) is 5.16. The van der Waals surface area contributed by atoms with E-state index in [2.05, 4.69) is 17.3 Å². The number of phenolic OH excluding ortho intramolecular Hbond substituents is 1. The van der Waals surface area contributed by atoms with Gasteiger partial charge in [0.2, 0.25) is 0 Å². The largest absolute Gasteiger partial charge is 0.505 e. The summed E-state index contributed by atoms with van der Waals surface area (Å²) in [7, 11) is 2.17. The van der Waals surface area contributed by atoms with E-state index in [1.807, 2.05) is 0 Å². The minimum Gasteiger partial charge on any atom is -0.505 e. The molecule has 1 aliphatic rings. The average molecular weight is 266 g/mol. The van der Waals surface area contributed by atoms with Crippen molar-refractivity contribution in [2.24, 2.45) is 5.92 Å². The molecule has 0 unspecified atom stereocenters. The summed E-state index contributed by atoms with van der Waals surface area (Å²) in [4.78, 5) is 2.38. The monoisotopic (exact) mass is 266 g/mol. The molecule has 19 heavy (non-hydrogen) atoms. The Labute approximate surface area is 114 Å². The molecule has 0 saturated carbocycles. The lowest BCUT2D eigenvalue weighted by Gasteiger charge is -2.28. The molecule has 1 aromatic rings. The summed E-state index contributed by atoms with van der Waals surface area (Å²) in [6.07, 6.45) is 3.76. The number of likely N-dealkylation sites (tertiary alicyclic amines) is 1. The van der Waals surface area contributed by atoms with E-state index < -0.39 is 5.82 Å². The zero-order valence-electron chi connectivity index (χ0n) is 11.5. The molecule has 2 N–H and O–H groups in total. The summed E-state index contributed by atoms with van der Waals surface area (Å²) in [6, 6.07) is 4.54. The van der Waals surface area contributed by atoms with Crippen LogP contribution in [0.25, 0.3) is 0 Å². The van der Waals surface area contributed by atoms with Gasteiger partial charge in [0.15, 0.2) is 11.6 Å². The van der Waals surface area contributed by atoms with Crippen LogP contribution in [0.1, 0.15) is 24.8 Å². The number of hydrogen-bond acceptors (Lipinski definition) is 3. The van der Waals surface area contributed by atoms with Crippen LogP contribution >= 0.6 is 0 Å². The molecule has 1 aromatic carbocycles. The maximum Gasteiger partial charge on any atom is 0.165 e. The van der Waals surface area contributed by atoms with E-state index in [0.29, 0.717) is 6.54 Å². The summed E-state index contributed by atoms with van der Waals surface area (Å²) >= 11 is 0. The van der Waals surface area contributed by atoms with Crippen molar-refractivity contribution in [3.05, 3.63) is 29.6 Å². The standard InChI is InChI=1S/C15H23FN2O/c1-18-8-5-12(6-9-18)4-7-17-11-13-2-3-15(19)14(16)10-13/h2-3,10,12,17,19H,4-9,11H2,1H3. The predicted octanol–water partition coefficient (Wildman–Crippen LogP) is 2.35. The zero-order valence-corrected chi connectivity index (χ0v) is 11.5. The van der Waals surface area contributed by atoms with Crippen LogP contribution in [0.5, 0.6) is 5.75 Å². The Morgan fingerprint density at radius 2 is 2.11 bits per heavy atom. The number of halogens is 1. The lowest BCUT2D eigenvalue weighted by atomic mass is 9.94. The quantitative estimate of drug-likeness (QED) is 0.803. The van der Waals surface area contributed by atoms with Gasteiger partial charge in [-0.2, -0.15) is 0 Å². The van der Waals surface area contributed by atoms with Crippen LogP contribution in [0.15, 0.2) is 18.2 Å².